The third kappa shape index (κ3) is 3.15. The summed E-state index contributed by atoms with van der Waals surface area (Å²) in [5.41, 5.74) is 0.165. The quantitative estimate of drug-likeness (QED) is 0.926. The maximum absolute atomic E-state index is 13.4. The third-order valence-electron chi connectivity index (χ3n) is 3.90. The Kier molecular flexibility index (Phi) is 4.45. The predicted octanol–water partition coefficient (Wildman–Crippen LogP) is 2.02. The Balaban J connectivity index is 2.18. The lowest BCUT2D eigenvalue weighted by Gasteiger charge is -2.35. The molecule has 1 aliphatic heterocycles. The molecule has 1 aromatic rings. The Hall–Kier alpha value is -2.11. The fourth-order valence-corrected chi connectivity index (χ4v) is 2.71. The molecular formula is C15H18FNO4. The number of carboxylic acid groups (broad SMARTS) is 1. The molecule has 1 heterocycles. The largest absolute Gasteiger partial charge is 0.496 e. The molecule has 21 heavy (non-hydrogen) atoms. The molecule has 0 bridgehead atoms. The van der Waals surface area contributed by atoms with Crippen LogP contribution in [-0.4, -0.2) is 42.1 Å². The van der Waals surface area contributed by atoms with Gasteiger partial charge in [-0.15, -0.1) is 0 Å². The average molecular weight is 295 g/mol. The van der Waals surface area contributed by atoms with Crippen molar-refractivity contribution in [3.05, 3.63) is 29.6 Å². The van der Waals surface area contributed by atoms with Crippen molar-refractivity contribution >= 4 is 11.9 Å². The molecule has 1 amide bonds. The molecule has 0 aliphatic carbocycles. The normalized spacial score (nSPS) is 22.0. The average Bonchev–Trinajstić information content (AvgIpc) is 2.45. The first-order valence-corrected chi connectivity index (χ1v) is 6.79. The lowest BCUT2D eigenvalue weighted by Crippen LogP contribution is -2.45. The molecule has 6 heteroatoms. The molecule has 1 aliphatic rings. The van der Waals surface area contributed by atoms with Gasteiger partial charge in [0.25, 0.3) is 5.91 Å². The molecule has 1 N–H and O–H groups in total. The van der Waals surface area contributed by atoms with Crippen LogP contribution in [-0.2, 0) is 4.79 Å². The molecule has 5 nitrogen and oxygen atoms in total. The lowest BCUT2D eigenvalue weighted by atomic mass is 9.87. The minimum absolute atomic E-state index is 0.139. The van der Waals surface area contributed by atoms with Crippen LogP contribution < -0.4 is 4.74 Å². The van der Waals surface area contributed by atoms with Crippen LogP contribution in [0.3, 0.4) is 0 Å². The SMILES string of the molecule is COc1ccc(F)cc1C(=O)N1CCC(C(=O)O)C(C)C1. The number of likely N-dealkylation sites (tertiary alicyclic amines) is 1. The van der Waals surface area contributed by atoms with Gasteiger partial charge in [-0.25, -0.2) is 4.39 Å². The fourth-order valence-electron chi connectivity index (χ4n) is 2.71. The van der Waals surface area contributed by atoms with E-state index in [1.54, 1.807) is 11.8 Å². The number of carbonyl (C=O) groups excluding carboxylic acids is 1. The van der Waals surface area contributed by atoms with Crippen molar-refractivity contribution in [3.8, 4) is 5.75 Å². The summed E-state index contributed by atoms with van der Waals surface area (Å²) < 4.78 is 18.4. The number of ether oxygens (including phenoxy) is 1. The van der Waals surface area contributed by atoms with Gasteiger partial charge in [0, 0.05) is 13.1 Å². The predicted molar refractivity (Wildman–Crippen MR) is 73.8 cm³/mol. The fraction of sp³-hybridized carbons (Fsp3) is 0.467. The van der Waals surface area contributed by atoms with E-state index in [4.69, 9.17) is 9.84 Å². The number of methoxy groups -OCH3 is 1. The Morgan fingerprint density at radius 3 is 2.71 bits per heavy atom. The van der Waals surface area contributed by atoms with Gasteiger partial charge in [-0.3, -0.25) is 9.59 Å². The third-order valence-corrected chi connectivity index (χ3v) is 3.90. The molecule has 0 spiro atoms. The monoisotopic (exact) mass is 295 g/mol. The Labute approximate surface area is 122 Å². The Morgan fingerprint density at radius 1 is 1.43 bits per heavy atom. The van der Waals surface area contributed by atoms with E-state index in [-0.39, 0.29) is 17.4 Å². The standard InChI is InChI=1S/C15H18FNO4/c1-9-8-17(6-5-11(9)15(19)20)14(18)12-7-10(16)3-4-13(12)21-2/h3-4,7,9,11H,5-6,8H2,1-2H3,(H,19,20). The molecule has 0 radical (unpaired) electrons. The summed E-state index contributed by atoms with van der Waals surface area (Å²) in [6, 6.07) is 3.79. The summed E-state index contributed by atoms with van der Waals surface area (Å²) in [6.45, 7) is 2.50. The van der Waals surface area contributed by atoms with Crippen molar-refractivity contribution in [2.45, 2.75) is 13.3 Å². The highest BCUT2D eigenvalue weighted by Gasteiger charge is 2.34. The van der Waals surface area contributed by atoms with E-state index in [2.05, 4.69) is 0 Å². The van der Waals surface area contributed by atoms with Gasteiger partial charge >= 0.3 is 5.97 Å². The van der Waals surface area contributed by atoms with E-state index in [0.29, 0.717) is 25.3 Å². The highest BCUT2D eigenvalue weighted by Crippen LogP contribution is 2.27. The second-order valence-corrected chi connectivity index (χ2v) is 5.31. The number of carboxylic acids is 1. The second kappa shape index (κ2) is 6.11. The number of aliphatic carboxylic acids is 1. The smallest absolute Gasteiger partial charge is 0.306 e. The van der Waals surface area contributed by atoms with Crippen LogP contribution in [0.25, 0.3) is 0 Å². The Bertz CT molecular complexity index is 561. The number of benzene rings is 1. The summed E-state index contributed by atoms with van der Waals surface area (Å²) in [6.07, 6.45) is 0.403. The van der Waals surface area contributed by atoms with Crippen LogP contribution in [0.1, 0.15) is 23.7 Å². The van der Waals surface area contributed by atoms with Gasteiger partial charge in [-0.2, -0.15) is 0 Å². The van der Waals surface area contributed by atoms with Crippen molar-refractivity contribution < 1.29 is 23.8 Å². The zero-order valence-corrected chi connectivity index (χ0v) is 12.0. The molecule has 1 aromatic carbocycles. The lowest BCUT2D eigenvalue weighted by molar-refractivity contribution is -0.145. The van der Waals surface area contributed by atoms with Crippen molar-refractivity contribution in [2.24, 2.45) is 11.8 Å². The molecule has 2 unspecified atom stereocenters. The first-order chi connectivity index (χ1) is 9.93. The number of nitrogens with zero attached hydrogens (tertiary/aromatic N) is 1. The molecule has 1 saturated heterocycles. The first kappa shape index (κ1) is 15.3. The number of amides is 1. The Morgan fingerprint density at radius 2 is 2.14 bits per heavy atom. The van der Waals surface area contributed by atoms with Gasteiger partial charge in [0.2, 0.25) is 0 Å². The molecular weight excluding hydrogens is 277 g/mol. The maximum Gasteiger partial charge on any atom is 0.306 e. The maximum atomic E-state index is 13.4. The molecule has 0 aromatic heterocycles. The minimum Gasteiger partial charge on any atom is -0.496 e. The van der Waals surface area contributed by atoms with Crippen LogP contribution in [0.4, 0.5) is 4.39 Å². The zero-order chi connectivity index (χ0) is 15.6. The van der Waals surface area contributed by atoms with Crippen LogP contribution in [0.5, 0.6) is 5.75 Å². The van der Waals surface area contributed by atoms with Gasteiger partial charge in [-0.05, 0) is 30.5 Å². The van der Waals surface area contributed by atoms with Crippen molar-refractivity contribution in [1.82, 2.24) is 4.90 Å². The van der Waals surface area contributed by atoms with E-state index < -0.39 is 17.7 Å². The molecule has 2 rings (SSSR count). The van der Waals surface area contributed by atoms with Crippen LogP contribution in [0, 0.1) is 17.7 Å². The van der Waals surface area contributed by atoms with Gasteiger partial charge in [0.15, 0.2) is 0 Å². The second-order valence-electron chi connectivity index (χ2n) is 5.31. The van der Waals surface area contributed by atoms with E-state index in [1.165, 1.54) is 19.2 Å². The summed E-state index contributed by atoms with van der Waals surface area (Å²) in [5, 5.41) is 9.10. The highest BCUT2D eigenvalue weighted by atomic mass is 19.1. The van der Waals surface area contributed by atoms with Crippen LogP contribution in [0.2, 0.25) is 0 Å². The molecule has 114 valence electrons. The van der Waals surface area contributed by atoms with Crippen LogP contribution >= 0.6 is 0 Å². The van der Waals surface area contributed by atoms with Gasteiger partial charge < -0.3 is 14.7 Å². The number of hydrogen-bond acceptors (Lipinski definition) is 3. The molecule has 1 fully saturated rings. The molecule has 0 saturated carbocycles. The number of rotatable bonds is 3. The van der Waals surface area contributed by atoms with E-state index >= 15 is 0 Å². The molecule has 2 atom stereocenters. The number of halogens is 1. The summed E-state index contributed by atoms with van der Waals surface area (Å²) in [7, 11) is 1.42. The van der Waals surface area contributed by atoms with E-state index in [1.807, 2.05) is 0 Å². The topological polar surface area (TPSA) is 66.8 Å². The van der Waals surface area contributed by atoms with Crippen molar-refractivity contribution in [1.29, 1.82) is 0 Å². The van der Waals surface area contributed by atoms with E-state index in [0.717, 1.165) is 6.07 Å². The highest BCUT2D eigenvalue weighted by molar-refractivity contribution is 5.97. The van der Waals surface area contributed by atoms with Gasteiger partial charge in [0.1, 0.15) is 11.6 Å². The summed E-state index contributed by atoms with van der Waals surface area (Å²) >= 11 is 0. The number of hydrogen-bond donors (Lipinski definition) is 1. The summed E-state index contributed by atoms with van der Waals surface area (Å²) in [5.74, 6) is -1.94. The van der Waals surface area contributed by atoms with Gasteiger partial charge in [-0.1, -0.05) is 6.92 Å². The van der Waals surface area contributed by atoms with E-state index in [9.17, 15) is 14.0 Å². The van der Waals surface area contributed by atoms with Crippen molar-refractivity contribution in [3.63, 3.8) is 0 Å². The number of piperidine rings is 1. The zero-order valence-electron chi connectivity index (χ0n) is 12.0. The number of carbonyl (C=O) groups is 2. The van der Waals surface area contributed by atoms with Crippen molar-refractivity contribution in [2.75, 3.05) is 20.2 Å². The van der Waals surface area contributed by atoms with Crippen LogP contribution in [0.15, 0.2) is 18.2 Å². The van der Waals surface area contributed by atoms with Gasteiger partial charge in [0.05, 0.1) is 18.6 Å². The first-order valence-electron chi connectivity index (χ1n) is 6.79. The summed E-state index contributed by atoms with van der Waals surface area (Å²) in [4.78, 5) is 25.1. The minimum atomic E-state index is -0.835.